The van der Waals surface area contributed by atoms with Crippen LogP contribution in [-0.2, 0) is 0 Å². The summed E-state index contributed by atoms with van der Waals surface area (Å²) in [6.45, 7) is 9.33. The number of nitrogens with one attached hydrogen (secondary N) is 1. The minimum Gasteiger partial charge on any atom is -0.355 e. The van der Waals surface area contributed by atoms with E-state index in [0.29, 0.717) is 13.1 Å². The summed E-state index contributed by atoms with van der Waals surface area (Å²) in [5.74, 6) is 2.66. The topological polar surface area (TPSA) is 64.6 Å². The van der Waals surface area contributed by atoms with Crippen molar-refractivity contribution in [2.45, 2.75) is 26.7 Å². The summed E-state index contributed by atoms with van der Waals surface area (Å²) in [4.78, 5) is 18.9. The van der Waals surface area contributed by atoms with E-state index in [-0.39, 0.29) is 6.03 Å². The number of piperazine rings is 1. The van der Waals surface area contributed by atoms with Gasteiger partial charge in [0, 0.05) is 45.0 Å². The van der Waals surface area contributed by atoms with Crippen LogP contribution in [0.25, 0.3) is 0 Å². The number of aryl methyl sites for hydroxylation is 1. The van der Waals surface area contributed by atoms with E-state index in [0.717, 1.165) is 49.4 Å². The van der Waals surface area contributed by atoms with E-state index in [2.05, 4.69) is 44.4 Å². The Bertz CT molecular complexity index is 806. The maximum atomic E-state index is 12.5. The van der Waals surface area contributed by atoms with Gasteiger partial charge < -0.3 is 20.0 Å². The van der Waals surface area contributed by atoms with Crippen LogP contribution in [0.1, 0.15) is 25.3 Å². The zero-order chi connectivity index (χ0) is 20.2. The Balaban J connectivity index is 1.29. The molecule has 1 N–H and O–H groups in total. The van der Waals surface area contributed by atoms with Crippen molar-refractivity contribution in [1.82, 2.24) is 15.1 Å². The number of amides is 2. The first-order valence-electron chi connectivity index (χ1n) is 10.5. The highest BCUT2D eigenvalue weighted by Crippen LogP contribution is 2.22. The molecule has 2 aliphatic heterocycles. The molecule has 2 aromatic rings. The first kappa shape index (κ1) is 19.5. The van der Waals surface area contributed by atoms with Crippen molar-refractivity contribution in [3.8, 4) is 0 Å². The first-order chi connectivity index (χ1) is 14.1. The van der Waals surface area contributed by atoms with E-state index in [1.807, 2.05) is 36.1 Å². The van der Waals surface area contributed by atoms with Gasteiger partial charge in [0.05, 0.1) is 0 Å². The molecule has 2 amide bonds. The minimum atomic E-state index is -0.0470. The second-order valence-electron chi connectivity index (χ2n) is 8.19. The third kappa shape index (κ3) is 4.78. The Labute approximate surface area is 172 Å². The number of hydrogen-bond acceptors (Lipinski definition) is 5. The molecule has 1 aromatic carbocycles. The number of benzene rings is 1. The molecule has 3 heterocycles. The lowest BCUT2D eigenvalue weighted by Gasteiger charge is -2.35. The summed E-state index contributed by atoms with van der Waals surface area (Å²) in [6.07, 6.45) is 2.44. The van der Waals surface area contributed by atoms with Crippen LogP contribution in [0.3, 0.4) is 0 Å². The third-order valence-corrected chi connectivity index (χ3v) is 5.94. The molecule has 0 spiro atoms. The average Bonchev–Trinajstić information content (AvgIpc) is 2.76. The maximum absolute atomic E-state index is 12.5. The summed E-state index contributed by atoms with van der Waals surface area (Å²) in [5, 5.41) is 11.9. The molecule has 4 rings (SSSR count). The molecule has 2 fully saturated rings. The van der Waals surface area contributed by atoms with Gasteiger partial charge in [-0.2, -0.15) is 0 Å². The molecule has 2 aliphatic rings. The predicted octanol–water partition coefficient (Wildman–Crippen LogP) is 3.38. The zero-order valence-corrected chi connectivity index (χ0v) is 17.3. The molecule has 1 aromatic heterocycles. The molecule has 29 heavy (non-hydrogen) atoms. The van der Waals surface area contributed by atoms with Crippen molar-refractivity contribution >= 4 is 23.4 Å². The second-order valence-corrected chi connectivity index (χ2v) is 8.19. The molecule has 7 heteroatoms. The first-order valence-corrected chi connectivity index (χ1v) is 10.5. The van der Waals surface area contributed by atoms with Crippen molar-refractivity contribution in [3.05, 3.63) is 42.0 Å². The lowest BCUT2D eigenvalue weighted by molar-refractivity contribution is 0.208. The summed E-state index contributed by atoms with van der Waals surface area (Å²) in [6, 6.07) is 12.0. The van der Waals surface area contributed by atoms with Gasteiger partial charge in [-0.05, 0) is 49.9 Å². The maximum Gasteiger partial charge on any atom is 0.321 e. The SMILES string of the molecule is Cc1ccc(NC(=O)N2CCN(c3ccc(N4CCC(C)CC4)nn3)CC2)cc1. The zero-order valence-electron chi connectivity index (χ0n) is 17.3. The van der Waals surface area contributed by atoms with Crippen molar-refractivity contribution in [2.24, 2.45) is 5.92 Å². The van der Waals surface area contributed by atoms with E-state index < -0.39 is 0 Å². The molecule has 0 atom stereocenters. The Kier molecular flexibility index (Phi) is 5.83. The number of anilines is 3. The smallest absolute Gasteiger partial charge is 0.321 e. The van der Waals surface area contributed by atoms with Gasteiger partial charge in [0.15, 0.2) is 11.6 Å². The molecule has 2 saturated heterocycles. The van der Waals surface area contributed by atoms with Gasteiger partial charge in [0.2, 0.25) is 0 Å². The Hall–Kier alpha value is -2.83. The van der Waals surface area contributed by atoms with Crippen LogP contribution < -0.4 is 15.1 Å². The highest BCUT2D eigenvalue weighted by atomic mass is 16.2. The monoisotopic (exact) mass is 394 g/mol. The second kappa shape index (κ2) is 8.68. The molecular weight excluding hydrogens is 364 g/mol. The Morgan fingerprint density at radius 1 is 0.862 bits per heavy atom. The summed E-state index contributed by atoms with van der Waals surface area (Å²) in [5.41, 5.74) is 2.01. The number of carbonyl (C=O) groups excluding carboxylic acids is 1. The lowest BCUT2D eigenvalue weighted by atomic mass is 9.99. The fourth-order valence-corrected chi connectivity index (χ4v) is 3.87. The number of aromatic nitrogens is 2. The summed E-state index contributed by atoms with van der Waals surface area (Å²) >= 11 is 0. The van der Waals surface area contributed by atoms with Gasteiger partial charge in [-0.3, -0.25) is 0 Å². The molecule has 0 bridgehead atoms. The summed E-state index contributed by atoms with van der Waals surface area (Å²) in [7, 11) is 0. The van der Waals surface area contributed by atoms with Crippen LogP contribution in [0.2, 0.25) is 0 Å². The predicted molar refractivity (Wildman–Crippen MR) is 117 cm³/mol. The molecule has 0 radical (unpaired) electrons. The molecule has 7 nitrogen and oxygen atoms in total. The fraction of sp³-hybridized carbons (Fsp3) is 0.500. The number of hydrogen-bond donors (Lipinski definition) is 1. The van der Waals surface area contributed by atoms with Gasteiger partial charge in [-0.25, -0.2) is 4.79 Å². The molecular formula is C22H30N6O. The molecule has 0 unspecified atom stereocenters. The van der Waals surface area contributed by atoms with Crippen molar-refractivity contribution < 1.29 is 4.79 Å². The fourth-order valence-electron chi connectivity index (χ4n) is 3.87. The highest BCUT2D eigenvalue weighted by Gasteiger charge is 2.23. The van der Waals surface area contributed by atoms with E-state index in [1.165, 1.54) is 18.4 Å². The van der Waals surface area contributed by atoms with Gasteiger partial charge in [0.25, 0.3) is 0 Å². The largest absolute Gasteiger partial charge is 0.355 e. The lowest BCUT2D eigenvalue weighted by Crippen LogP contribution is -2.50. The van der Waals surface area contributed by atoms with Gasteiger partial charge in [-0.15, -0.1) is 10.2 Å². The van der Waals surface area contributed by atoms with Gasteiger partial charge in [0.1, 0.15) is 0 Å². The Morgan fingerprint density at radius 2 is 1.41 bits per heavy atom. The van der Waals surface area contributed by atoms with Crippen molar-refractivity contribution in [2.75, 3.05) is 54.4 Å². The van der Waals surface area contributed by atoms with Crippen molar-refractivity contribution in [1.29, 1.82) is 0 Å². The van der Waals surface area contributed by atoms with Crippen LogP contribution in [0.4, 0.5) is 22.1 Å². The van der Waals surface area contributed by atoms with Crippen LogP contribution in [0.5, 0.6) is 0 Å². The van der Waals surface area contributed by atoms with E-state index in [9.17, 15) is 4.79 Å². The standard InChI is InChI=1S/C22H30N6O/c1-17-3-5-19(6-4-17)23-22(29)28-15-13-27(14-16-28)21-8-7-20(24-25-21)26-11-9-18(2)10-12-26/h3-8,18H,9-16H2,1-2H3,(H,23,29). The Morgan fingerprint density at radius 3 is 1.97 bits per heavy atom. The summed E-state index contributed by atoms with van der Waals surface area (Å²) < 4.78 is 0. The quantitative estimate of drug-likeness (QED) is 0.865. The normalized spacial score (nSPS) is 18.1. The van der Waals surface area contributed by atoms with Crippen LogP contribution in [-0.4, -0.2) is 60.4 Å². The molecule has 0 aliphatic carbocycles. The third-order valence-electron chi connectivity index (χ3n) is 5.94. The minimum absolute atomic E-state index is 0.0470. The van der Waals surface area contributed by atoms with Crippen molar-refractivity contribution in [3.63, 3.8) is 0 Å². The number of carbonyl (C=O) groups is 1. The number of nitrogens with zero attached hydrogens (tertiary/aromatic N) is 5. The van der Waals surface area contributed by atoms with Crippen LogP contribution in [0, 0.1) is 12.8 Å². The van der Waals surface area contributed by atoms with Gasteiger partial charge >= 0.3 is 6.03 Å². The molecule has 154 valence electrons. The van der Waals surface area contributed by atoms with Crippen LogP contribution >= 0.6 is 0 Å². The highest BCUT2D eigenvalue weighted by molar-refractivity contribution is 5.89. The van der Waals surface area contributed by atoms with Crippen LogP contribution in [0.15, 0.2) is 36.4 Å². The van der Waals surface area contributed by atoms with E-state index >= 15 is 0 Å². The van der Waals surface area contributed by atoms with Gasteiger partial charge in [-0.1, -0.05) is 24.6 Å². The number of piperidine rings is 1. The average molecular weight is 395 g/mol. The number of urea groups is 1. The van der Waals surface area contributed by atoms with E-state index in [4.69, 9.17) is 0 Å². The molecule has 0 saturated carbocycles. The van der Waals surface area contributed by atoms with E-state index in [1.54, 1.807) is 0 Å². The number of rotatable bonds is 3.